The quantitative estimate of drug-likeness (QED) is 0.749. The molecule has 0 radical (unpaired) electrons. The highest BCUT2D eigenvalue weighted by atomic mass is 35.5. The van der Waals surface area contributed by atoms with Gasteiger partial charge < -0.3 is 5.11 Å². The lowest BCUT2D eigenvalue weighted by atomic mass is 10.1. The third-order valence-electron chi connectivity index (χ3n) is 3.11. The second kappa shape index (κ2) is 5.42. The minimum absolute atomic E-state index is 0.549. The SMILES string of the molecule is O=C(O)/C=C/c1cc(Cl)ccc1-n1cnc2ccccc21. The van der Waals surface area contributed by atoms with Crippen LogP contribution in [0, 0.1) is 0 Å². The molecular formula is C16H11ClN2O2. The average Bonchev–Trinajstić information content (AvgIpc) is 2.89. The monoisotopic (exact) mass is 298 g/mol. The van der Waals surface area contributed by atoms with E-state index in [0.717, 1.165) is 22.8 Å². The lowest BCUT2D eigenvalue weighted by Crippen LogP contribution is -1.96. The Kier molecular flexibility index (Phi) is 3.46. The van der Waals surface area contributed by atoms with Gasteiger partial charge in [0.1, 0.15) is 6.33 Å². The number of halogens is 1. The Morgan fingerprint density at radius 3 is 2.86 bits per heavy atom. The Morgan fingerprint density at radius 2 is 2.05 bits per heavy atom. The molecular weight excluding hydrogens is 288 g/mol. The molecule has 0 amide bonds. The van der Waals surface area contributed by atoms with E-state index in [0.29, 0.717) is 10.6 Å². The first-order chi connectivity index (χ1) is 10.1. The van der Waals surface area contributed by atoms with Gasteiger partial charge in [0.05, 0.1) is 16.7 Å². The van der Waals surface area contributed by atoms with Crippen LogP contribution in [-0.4, -0.2) is 20.6 Å². The number of aromatic nitrogens is 2. The maximum Gasteiger partial charge on any atom is 0.328 e. The lowest BCUT2D eigenvalue weighted by Gasteiger charge is -2.09. The summed E-state index contributed by atoms with van der Waals surface area (Å²) in [5.74, 6) is -1.00. The molecule has 1 heterocycles. The number of para-hydroxylation sites is 2. The van der Waals surface area contributed by atoms with E-state index in [4.69, 9.17) is 16.7 Å². The number of benzene rings is 2. The summed E-state index contributed by atoms with van der Waals surface area (Å²) in [6.07, 6.45) is 4.33. The van der Waals surface area contributed by atoms with Gasteiger partial charge in [-0.1, -0.05) is 23.7 Å². The minimum atomic E-state index is -1.00. The second-order valence-electron chi connectivity index (χ2n) is 4.48. The average molecular weight is 299 g/mol. The highest BCUT2D eigenvalue weighted by molar-refractivity contribution is 6.30. The molecule has 0 atom stereocenters. The van der Waals surface area contributed by atoms with Crippen molar-refractivity contribution in [1.29, 1.82) is 0 Å². The molecule has 0 saturated carbocycles. The molecule has 0 fully saturated rings. The molecule has 3 rings (SSSR count). The van der Waals surface area contributed by atoms with Gasteiger partial charge in [-0.3, -0.25) is 4.57 Å². The number of aliphatic carboxylic acids is 1. The van der Waals surface area contributed by atoms with Crippen LogP contribution in [0.4, 0.5) is 0 Å². The molecule has 3 aromatic rings. The second-order valence-corrected chi connectivity index (χ2v) is 4.91. The molecule has 0 unspecified atom stereocenters. The summed E-state index contributed by atoms with van der Waals surface area (Å²) in [7, 11) is 0. The fourth-order valence-corrected chi connectivity index (χ4v) is 2.37. The first-order valence-corrected chi connectivity index (χ1v) is 6.66. The van der Waals surface area contributed by atoms with E-state index in [2.05, 4.69) is 4.98 Å². The number of imidazole rings is 1. The van der Waals surface area contributed by atoms with E-state index < -0.39 is 5.97 Å². The van der Waals surface area contributed by atoms with E-state index in [-0.39, 0.29) is 0 Å². The molecule has 21 heavy (non-hydrogen) atoms. The molecule has 0 spiro atoms. The van der Waals surface area contributed by atoms with Gasteiger partial charge in [-0.2, -0.15) is 0 Å². The maximum atomic E-state index is 10.7. The van der Waals surface area contributed by atoms with Crippen LogP contribution in [0.3, 0.4) is 0 Å². The van der Waals surface area contributed by atoms with Crippen molar-refractivity contribution in [2.24, 2.45) is 0 Å². The molecule has 0 aliphatic rings. The Bertz CT molecular complexity index is 852. The number of hydrogen-bond acceptors (Lipinski definition) is 2. The standard InChI is InChI=1S/C16H11ClN2O2/c17-12-6-7-14(11(9-12)5-8-16(20)21)19-10-18-13-3-1-2-4-15(13)19/h1-10H,(H,20,21)/b8-5+. The van der Waals surface area contributed by atoms with Crippen molar-refractivity contribution in [2.75, 3.05) is 0 Å². The smallest absolute Gasteiger partial charge is 0.328 e. The molecule has 0 aliphatic heterocycles. The van der Waals surface area contributed by atoms with Gasteiger partial charge in [0, 0.05) is 16.7 Å². The predicted molar refractivity (Wildman–Crippen MR) is 82.7 cm³/mol. The summed E-state index contributed by atoms with van der Waals surface area (Å²) in [6, 6.07) is 13.1. The van der Waals surface area contributed by atoms with Crippen molar-refractivity contribution < 1.29 is 9.90 Å². The molecule has 0 aliphatic carbocycles. The lowest BCUT2D eigenvalue weighted by molar-refractivity contribution is -0.131. The Hall–Kier alpha value is -2.59. The molecule has 1 N–H and O–H groups in total. The number of rotatable bonds is 3. The normalized spacial score (nSPS) is 11.3. The zero-order chi connectivity index (χ0) is 14.8. The van der Waals surface area contributed by atoms with Crippen molar-refractivity contribution >= 4 is 34.7 Å². The topological polar surface area (TPSA) is 55.1 Å². The van der Waals surface area contributed by atoms with Gasteiger partial charge in [0.2, 0.25) is 0 Å². The fraction of sp³-hybridized carbons (Fsp3) is 0. The Morgan fingerprint density at radius 1 is 1.24 bits per heavy atom. The van der Waals surface area contributed by atoms with Crippen molar-refractivity contribution in [1.82, 2.24) is 9.55 Å². The van der Waals surface area contributed by atoms with Crippen molar-refractivity contribution in [3.05, 3.63) is 65.5 Å². The number of carbonyl (C=O) groups is 1. The summed E-state index contributed by atoms with van der Waals surface area (Å²) in [6.45, 7) is 0. The van der Waals surface area contributed by atoms with E-state index in [1.807, 2.05) is 34.9 Å². The molecule has 4 nitrogen and oxygen atoms in total. The van der Waals surface area contributed by atoms with Crippen LogP contribution in [0.15, 0.2) is 54.9 Å². The van der Waals surface area contributed by atoms with Crippen LogP contribution in [-0.2, 0) is 4.79 Å². The van der Waals surface area contributed by atoms with E-state index in [9.17, 15) is 4.79 Å². The molecule has 0 saturated heterocycles. The van der Waals surface area contributed by atoms with Crippen LogP contribution in [0.2, 0.25) is 5.02 Å². The van der Waals surface area contributed by atoms with E-state index in [1.54, 1.807) is 18.5 Å². The zero-order valence-electron chi connectivity index (χ0n) is 10.9. The van der Waals surface area contributed by atoms with Gasteiger partial charge in [-0.15, -0.1) is 0 Å². The first kappa shape index (κ1) is 13.4. The number of fused-ring (bicyclic) bond motifs is 1. The predicted octanol–water partition coefficient (Wildman–Crippen LogP) is 3.78. The summed E-state index contributed by atoms with van der Waals surface area (Å²) in [4.78, 5) is 15.1. The number of carboxylic acid groups (broad SMARTS) is 1. The summed E-state index contributed by atoms with van der Waals surface area (Å²) in [5.41, 5.74) is 3.36. The number of carboxylic acids is 1. The van der Waals surface area contributed by atoms with Gasteiger partial charge in [-0.05, 0) is 36.4 Å². The third-order valence-corrected chi connectivity index (χ3v) is 3.34. The maximum absolute atomic E-state index is 10.7. The summed E-state index contributed by atoms with van der Waals surface area (Å²) in [5, 5.41) is 9.35. The number of hydrogen-bond donors (Lipinski definition) is 1. The van der Waals surface area contributed by atoms with Crippen LogP contribution in [0.5, 0.6) is 0 Å². The van der Waals surface area contributed by atoms with Crippen molar-refractivity contribution in [2.45, 2.75) is 0 Å². The molecule has 2 aromatic carbocycles. The van der Waals surface area contributed by atoms with Crippen molar-refractivity contribution in [3.8, 4) is 5.69 Å². The third kappa shape index (κ3) is 2.66. The highest BCUT2D eigenvalue weighted by Gasteiger charge is 2.08. The van der Waals surface area contributed by atoms with Crippen LogP contribution in [0.25, 0.3) is 22.8 Å². The van der Waals surface area contributed by atoms with Crippen LogP contribution in [0.1, 0.15) is 5.56 Å². The molecule has 1 aromatic heterocycles. The van der Waals surface area contributed by atoms with E-state index in [1.165, 1.54) is 6.08 Å². The molecule has 104 valence electrons. The van der Waals surface area contributed by atoms with Crippen molar-refractivity contribution in [3.63, 3.8) is 0 Å². The van der Waals surface area contributed by atoms with Crippen LogP contribution < -0.4 is 0 Å². The van der Waals surface area contributed by atoms with Gasteiger partial charge >= 0.3 is 5.97 Å². The van der Waals surface area contributed by atoms with E-state index >= 15 is 0 Å². The first-order valence-electron chi connectivity index (χ1n) is 6.28. The number of nitrogens with zero attached hydrogens (tertiary/aromatic N) is 2. The van der Waals surface area contributed by atoms with Crippen LogP contribution >= 0.6 is 11.6 Å². The zero-order valence-corrected chi connectivity index (χ0v) is 11.7. The Labute approximate surface area is 125 Å². The molecule has 0 bridgehead atoms. The summed E-state index contributed by atoms with van der Waals surface area (Å²) < 4.78 is 1.91. The summed E-state index contributed by atoms with van der Waals surface area (Å²) >= 11 is 6.01. The minimum Gasteiger partial charge on any atom is -0.478 e. The highest BCUT2D eigenvalue weighted by Crippen LogP contribution is 2.24. The van der Waals surface area contributed by atoms with Gasteiger partial charge in [-0.25, -0.2) is 9.78 Å². The van der Waals surface area contributed by atoms with Gasteiger partial charge in [0.25, 0.3) is 0 Å². The molecule has 5 heteroatoms. The Balaban J connectivity index is 2.20. The van der Waals surface area contributed by atoms with Gasteiger partial charge in [0.15, 0.2) is 0 Å². The largest absolute Gasteiger partial charge is 0.478 e. The fourth-order valence-electron chi connectivity index (χ4n) is 2.19.